The van der Waals surface area contributed by atoms with Crippen molar-refractivity contribution in [1.82, 2.24) is 0 Å². The van der Waals surface area contributed by atoms with Crippen LogP contribution in [0.2, 0.25) is 0 Å². The summed E-state index contributed by atoms with van der Waals surface area (Å²) in [5.74, 6) is -71.1. The van der Waals surface area contributed by atoms with E-state index in [1.54, 1.807) is 12.1 Å². The molecule has 0 atom stereocenters. The van der Waals surface area contributed by atoms with Crippen molar-refractivity contribution in [2.24, 2.45) is 0 Å². The third-order valence-corrected chi connectivity index (χ3v) is 16.0. The molecule has 72 heavy (non-hydrogen) atoms. The van der Waals surface area contributed by atoms with Crippen LogP contribution in [0.5, 0.6) is 5.75 Å². The number of phenols is 1. The molecule has 8 aromatic carbocycles. The van der Waals surface area contributed by atoms with Crippen molar-refractivity contribution in [2.45, 2.75) is 6.16 Å². The first kappa shape index (κ1) is 52.5. The van der Waals surface area contributed by atoms with E-state index < -0.39 is 152 Å². The molecule has 0 heterocycles. The summed E-state index contributed by atoms with van der Waals surface area (Å²) in [5, 5.41) is 13.8. The fourth-order valence-electron chi connectivity index (χ4n) is 8.52. The Labute approximate surface area is 392 Å². The molecule has 0 aromatic heterocycles. The number of phenolic OH excluding ortho intramolecular Hbond substituents is 1. The first-order chi connectivity index (χ1) is 34.0. The van der Waals surface area contributed by atoms with Crippen molar-refractivity contribution in [1.29, 1.82) is 0 Å². The zero-order chi connectivity index (χ0) is 52.9. The van der Waals surface area contributed by atoms with Gasteiger partial charge in [-0.2, -0.15) is 0 Å². The molecule has 0 aliphatic heterocycles. The zero-order valence-corrected chi connectivity index (χ0v) is 36.1. The summed E-state index contributed by atoms with van der Waals surface area (Å²) in [7, 11) is -1.87. The number of hydrogen-bond donors (Lipinski definition) is 1. The van der Waals surface area contributed by atoms with Gasteiger partial charge in [0.15, 0.2) is 69.8 Å². The first-order valence-electron chi connectivity index (χ1n) is 20.1. The van der Waals surface area contributed by atoms with Crippen molar-refractivity contribution in [2.75, 3.05) is 0 Å². The van der Waals surface area contributed by atoms with Crippen LogP contribution in [0.3, 0.4) is 0 Å². The van der Waals surface area contributed by atoms with E-state index in [0.717, 1.165) is 6.16 Å². The Morgan fingerprint density at radius 1 is 0.264 bits per heavy atom. The largest absolute Gasteiger partial charge is 0.508 e. The molecule has 0 bridgehead atoms. The zero-order valence-electron chi connectivity index (χ0n) is 35.2. The molecule has 1 N–H and O–H groups in total. The van der Waals surface area contributed by atoms with Crippen LogP contribution >= 0.6 is 7.26 Å². The molecule has 0 saturated heterocycles. The SMILES string of the molecule is Fc1c(F)c(F)c([B-](c2c(F)c(F)c(F)c(F)c2F)(c2c(F)c(F)c(F)c(F)c2F)c2c(F)c(F)c(F)c(F)c2F)c(F)c1F.Oc1ccc(C[P+](c2ccccc2)(c2ccccc2)c2ccccc2)cc1. The maximum atomic E-state index is 15.4. The summed E-state index contributed by atoms with van der Waals surface area (Å²) in [6.45, 7) is 0. The van der Waals surface area contributed by atoms with Gasteiger partial charge in [0.25, 0.3) is 0 Å². The number of benzene rings is 8. The highest BCUT2D eigenvalue weighted by molar-refractivity contribution is 7.95. The quantitative estimate of drug-likeness (QED) is 0.0502. The van der Waals surface area contributed by atoms with E-state index in [1.165, 1.54) is 21.5 Å². The van der Waals surface area contributed by atoms with Crippen LogP contribution in [0.25, 0.3) is 0 Å². The van der Waals surface area contributed by atoms with Gasteiger partial charge in [0.2, 0.25) is 0 Å². The summed E-state index contributed by atoms with van der Waals surface area (Å²) in [6.07, 6.45) is -6.30. The Hall–Kier alpha value is -7.35. The van der Waals surface area contributed by atoms with E-state index in [0.29, 0.717) is 5.75 Å². The van der Waals surface area contributed by atoms with Crippen LogP contribution in [-0.4, -0.2) is 11.3 Å². The Morgan fingerprint density at radius 2 is 0.458 bits per heavy atom. The minimum absolute atomic E-state index is 0.307. The maximum absolute atomic E-state index is 15.4. The number of halogens is 20. The highest BCUT2D eigenvalue weighted by Gasteiger charge is 2.52. The topological polar surface area (TPSA) is 20.2 Å². The third kappa shape index (κ3) is 8.27. The number of rotatable bonds is 9. The molecule has 8 aromatic rings. The lowest BCUT2D eigenvalue weighted by Crippen LogP contribution is -2.81. The van der Waals surface area contributed by atoms with E-state index >= 15 is 35.1 Å². The van der Waals surface area contributed by atoms with Gasteiger partial charge in [-0.25, -0.2) is 87.8 Å². The van der Waals surface area contributed by atoms with Crippen molar-refractivity contribution < 1.29 is 92.9 Å². The Balaban J connectivity index is 0.000000238. The van der Waals surface area contributed by atoms with E-state index in [9.17, 15) is 57.8 Å². The molecule has 0 radical (unpaired) electrons. The number of hydrogen-bond acceptors (Lipinski definition) is 1. The second-order valence-corrected chi connectivity index (χ2v) is 18.9. The van der Waals surface area contributed by atoms with Crippen LogP contribution in [0.15, 0.2) is 115 Å². The Bertz CT molecular complexity index is 2900. The second-order valence-electron chi connectivity index (χ2n) is 15.4. The monoisotopic (exact) mass is 1050 g/mol. The molecular formula is C49H22BF20OP. The van der Waals surface area contributed by atoms with Gasteiger partial charge in [0, 0.05) is 0 Å². The van der Waals surface area contributed by atoms with Crippen molar-refractivity contribution in [3.63, 3.8) is 0 Å². The average Bonchev–Trinajstić information content (AvgIpc) is 3.39. The lowest BCUT2D eigenvalue weighted by Gasteiger charge is -2.44. The molecule has 0 spiro atoms. The van der Waals surface area contributed by atoms with Gasteiger partial charge >= 0.3 is 0 Å². The van der Waals surface area contributed by atoms with E-state index in [-0.39, 0.29) is 0 Å². The van der Waals surface area contributed by atoms with Gasteiger partial charge in [0.05, 0.1) is 6.16 Å². The van der Waals surface area contributed by atoms with Gasteiger partial charge < -0.3 is 5.11 Å². The third-order valence-electron chi connectivity index (χ3n) is 11.7. The van der Waals surface area contributed by atoms with Crippen molar-refractivity contribution in [3.8, 4) is 5.75 Å². The molecule has 8 rings (SSSR count). The van der Waals surface area contributed by atoms with Gasteiger partial charge in [-0.05, 0) is 54.1 Å². The normalized spacial score (nSPS) is 11.7. The van der Waals surface area contributed by atoms with E-state index in [1.807, 2.05) is 12.1 Å². The summed E-state index contributed by atoms with van der Waals surface area (Å²) in [6, 6.07) is 40.2. The Morgan fingerprint density at radius 3 is 0.667 bits per heavy atom. The van der Waals surface area contributed by atoms with Gasteiger partial charge in [0.1, 0.15) is 81.6 Å². The predicted molar refractivity (Wildman–Crippen MR) is 226 cm³/mol. The highest BCUT2D eigenvalue weighted by atomic mass is 31.2. The van der Waals surface area contributed by atoms with Crippen molar-refractivity contribution >= 4 is 51.2 Å². The van der Waals surface area contributed by atoms with Crippen LogP contribution in [-0.2, 0) is 6.16 Å². The van der Waals surface area contributed by atoms with Crippen LogP contribution in [0.1, 0.15) is 5.56 Å². The summed E-state index contributed by atoms with van der Waals surface area (Å²) in [4.78, 5) is 0. The van der Waals surface area contributed by atoms with Gasteiger partial charge in [-0.15, -0.1) is 21.9 Å². The fourth-order valence-corrected chi connectivity index (χ4v) is 12.8. The Kier molecular flexibility index (Phi) is 14.6. The molecule has 0 saturated carbocycles. The molecule has 23 heteroatoms. The molecule has 0 aliphatic carbocycles. The highest BCUT2D eigenvalue weighted by Crippen LogP contribution is 2.58. The average molecular weight is 1050 g/mol. The second kappa shape index (κ2) is 20.0. The summed E-state index contributed by atoms with van der Waals surface area (Å²) in [5.41, 5.74) is -13.1. The minimum Gasteiger partial charge on any atom is -0.508 e. The summed E-state index contributed by atoms with van der Waals surface area (Å²) < 4.78 is 294. The molecule has 0 fully saturated rings. The standard InChI is InChI=1S/C25H21OP.C24BF20/c26-22-18-16-21(17-19-22)20-27(23-10-4-1-5-11-23,24-12-6-2-7-13-24)25-14-8-3-9-15-25;26-5-1(6(27)14(35)21(42)13(5)34)25(2-7(28)15(36)22(43)16(37)8(2)29,3-9(30)17(38)23(44)18(39)10(3)31)4-11(32)19(40)24(45)20(41)12(4)33/h1-19H,20H2;/q;-1/p+1. The lowest BCUT2D eigenvalue weighted by atomic mass is 9.12. The smallest absolute Gasteiger partial charge is 0.200 e. The van der Waals surface area contributed by atoms with Crippen molar-refractivity contribution in [3.05, 3.63) is 237 Å². The molecule has 0 amide bonds. The van der Waals surface area contributed by atoms with Crippen LogP contribution < -0.4 is 37.8 Å². The predicted octanol–water partition coefficient (Wildman–Crippen LogP) is 10.7. The van der Waals surface area contributed by atoms with Gasteiger partial charge in [-0.3, -0.25) is 0 Å². The van der Waals surface area contributed by atoms with Gasteiger partial charge in [-0.1, -0.05) is 66.7 Å². The molecule has 0 aliphatic rings. The van der Waals surface area contributed by atoms with E-state index in [2.05, 4.69) is 91.0 Å². The number of aromatic hydroxyl groups is 1. The lowest BCUT2D eigenvalue weighted by molar-refractivity contribution is 0.378. The summed E-state index contributed by atoms with van der Waals surface area (Å²) >= 11 is 0. The molecule has 0 unspecified atom stereocenters. The van der Waals surface area contributed by atoms with Crippen LogP contribution in [0.4, 0.5) is 87.8 Å². The van der Waals surface area contributed by atoms with Crippen LogP contribution in [0, 0.1) is 116 Å². The molecule has 1 nitrogen and oxygen atoms in total. The molecule has 372 valence electrons. The fraction of sp³-hybridized carbons (Fsp3) is 0.0204. The minimum atomic E-state index is -7.22. The van der Waals surface area contributed by atoms with E-state index in [4.69, 9.17) is 0 Å². The first-order valence-corrected chi connectivity index (χ1v) is 22.0. The molecular weight excluding hydrogens is 1030 g/mol. The maximum Gasteiger partial charge on any atom is 0.200 e.